The fourth-order valence-corrected chi connectivity index (χ4v) is 4.36. The van der Waals surface area contributed by atoms with Gasteiger partial charge in [0.2, 0.25) is 10.0 Å². The minimum atomic E-state index is -3.57. The molecule has 1 aliphatic rings. The number of piperidine rings is 1. The van der Waals surface area contributed by atoms with E-state index in [1.165, 1.54) is 25.3 Å². The van der Waals surface area contributed by atoms with Crippen LogP contribution in [0.1, 0.15) is 40.0 Å². The highest BCUT2D eigenvalue weighted by Gasteiger charge is 2.19. The van der Waals surface area contributed by atoms with Crippen LogP contribution < -0.4 is 14.2 Å². The lowest BCUT2D eigenvalue weighted by atomic mass is 10.1. The number of benzene rings is 1. The van der Waals surface area contributed by atoms with Crippen molar-refractivity contribution in [3.8, 4) is 11.5 Å². The number of nitrogens with zero attached hydrogens (tertiary/aromatic N) is 1. The largest absolute Gasteiger partial charge is 0.490 e. The van der Waals surface area contributed by atoms with Gasteiger partial charge in [0, 0.05) is 19.2 Å². The lowest BCUT2D eigenvalue weighted by molar-refractivity contribution is 0.201. The summed E-state index contributed by atoms with van der Waals surface area (Å²) in [6.07, 6.45) is 3.78. The quantitative estimate of drug-likeness (QED) is 0.672. The van der Waals surface area contributed by atoms with Crippen LogP contribution in [0.15, 0.2) is 23.1 Å². The van der Waals surface area contributed by atoms with Crippen molar-refractivity contribution < 1.29 is 17.9 Å². The Morgan fingerprint density at radius 2 is 1.73 bits per heavy atom. The van der Waals surface area contributed by atoms with Crippen molar-refractivity contribution in [1.82, 2.24) is 9.62 Å². The molecular weight excluding hydrogens is 352 g/mol. The van der Waals surface area contributed by atoms with Gasteiger partial charge in [-0.1, -0.05) is 13.3 Å². The minimum Gasteiger partial charge on any atom is -0.490 e. The van der Waals surface area contributed by atoms with Gasteiger partial charge < -0.3 is 14.4 Å². The predicted molar refractivity (Wildman–Crippen MR) is 103 cm³/mol. The zero-order valence-electron chi connectivity index (χ0n) is 16.2. The summed E-state index contributed by atoms with van der Waals surface area (Å²) in [6, 6.07) is 4.75. The average Bonchev–Trinajstić information content (AvgIpc) is 2.63. The standard InChI is InChI=1S/C19H32N2O4S/c1-4-24-18-10-9-17(13-19(18)25-5-2)26(22,23)20-14-16(3)15-21-11-7-6-8-12-21/h9-10,13,16,20H,4-8,11-12,14-15H2,1-3H3. The van der Waals surface area contributed by atoms with E-state index in [4.69, 9.17) is 9.47 Å². The van der Waals surface area contributed by atoms with Gasteiger partial charge in [-0.15, -0.1) is 0 Å². The highest BCUT2D eigenvalue weighted by molar-refractivity contribution is 7.89. The summed E-state index contributed by atoms with van der Waals surface area (Å²) in [7, 11) is -3.57. The Balaban J connectivity index is 1.98. The highest BCUT2D eigenvalue weighted by atomic mass is 32.2. The normalized spacial score (nSPS) is 17.0. The molecule has 0 aromatic heterocycles. The van der Waals surface area contributed by atoms with Crippen molar-refractivity contribution in [2.45, 2.75) is 44.9 Å². The lowest BCUT2D eigenvalue weighted by Crippen LogP contribution is -2.38. The number of sulfonamides is 1. The Hall–Kier alpha value is -1.31. The fourth-order valence-electron chi connectivity index (χ4n) is 3.18. The van der Waals surface area contributed by atoms with Gasteiger partial charge in [0.05, 0.1) is 18.1 Å². The number of hydrogen-bond acceptors (Lipinski definition) is 5. The molecule has 0 bridgehead atoms. The van der Waals surface area contributed by atoms with Crippen LogP contribution in [0, 0.1) is 5.92 Å². The van der Waals surface area contributed by atoms with E-state index >= 15 is 0 Å². The molecule has 1 aromatic rings. The molecule has 0 radical (unpaired) electrons. The van der Waals surface area contributed by atoms with E-state index in [0.29, 0.717) is 31.3 Å². The van der Waals surface area contributed by atoms with E-state index in [1.807, 2.05) is 13.8 Å². The molecule has 26 heavy (non-hydrogen) atoms. The van der Waals surface area contributed by atoms with Gasteiger partial charge in [-0.2, -0.15) is 0 Å². The SMILES string of the molecule is CCOc1ccc(S(=O)(=O)NCC(C)CN2CCCCC2)cc1OCC. The molecule has 1 aromatic carbocycles. The van der Waals surface area contributed by atoms with E-state index in [2.05, 4.69) is 16.5 Å². The molecule has 6 nitrogen and oxygen atoms in total. The number of ether oxygens (including phenoxy) is 2. The molecule has 2 rings (SSSR count). The molecule has 1 N–H and O–H groups in total. The summed E-state index contributed by atoms with van der Waals surface area (Å²) >= 11 is 0. The minimum absolute atomic E-state index is 0.203. The third-order valence-electron chi connectivity index (χ3n) is 4.47. The van der Waals surface area contributed by atoms with Crippen LogP contribution in [0.5, 0.6) is 11.5 Å². The predicted octanol–water partition coefficient (Wildman–Crippen LogP) is 2.88. The smallest absolute Gasteiger partial charge is 0.240 e. The summed E-state index contributed by atoms with van der Waals surface area (Å²) in [6.45, 7) is 10.4. The highest BCUT2D eigenvalue weighted by Crippen LogP contribution is 2.30. The number of hydrogen-bond donors (Lipinski definition) is 1. The van der Waals surface area contributed by atoms with Gasteiger partial charge in [0.25, 0.3) is 0 Å². The lowest BCUT2D eigenvalue weighted by Gasteiger charge is -2.29. The third-order valence-corrected chi connectivity index (χ3v) is 5.89. The molecule has 1 fully saturated rings. The van der Waals surface area contributed by atoms with E-state index in [9.17, 15) is 8.42 Å². The van der Waals surface area contributed by atoms with Gasteiger partial charge >= 0.3 is 0 Å². The van der Waals surface area contributed by atoms with E-state index in [0.717, 1.165) is 19.6 Å². The van der Waals surface area contributed by atoms with Gasteiger partial charge in [0.1, 0.15) is 0 Å². The second kappa shape index (κ2) is 10.1. The summed E-state index contributed by atoms with van der Waals surface area (Å²) < 4.78 is 39.0. The summed E-state index contributed by atoms with van der Waals surface area (Å²) in [5.41, 5.74) is 0. The number of rotatable bonds is 10. The molecule has 0 spiro atoms. The number of nitrogens with one attached hydrogen (secondary N) is 1. The topological polar surface area (TPSA) is 67.9 Å². The Kier molecular flexibility index (Phi) is 8.18. The van der Waals surface area contributed by atoms with Crippen molar-refractivity contribution in [3.63, 3.8) is 0 Å². The van der Waals surface area contributed by atoms with Gasteiger partial charge in [0.15, 0.2) is 11.5 Å². The molecule has 1 atom stereocenters. The van der Waals surface area contributed by atoms with Crippen molar-refractivity contribution in [2.75, 3.05) is 39.4 Å². The first kappa shape index (κ1) is 21.0. The summed E-state index contributed by atoms with van der Waals surface area (Å²) in [4.78, 5) is 2.63. The molecule has 1 aliphatic heterocycles. The number of likely N-dealkylation sites (tertiary alicyclic amines) is 1. The van der Waals surface area contributed by atoms with Crippen LogP contribution in [0.25, 0.3) is 0 Å². The second-order valence-corrected chi connectivity index (χ2v) is 8.56. The molecule has 0 amide bonds. The van der Waals surface area contributed by atoms with Crippen molar-refractivity contribution in [2.24, 2.45) is 5.92 Å². The summed E-state index contributed by atoms with van der Waals surface area (Å²) in [5.74, 6) is 1.28. The van der Waals surface area contributed by atoms with E-state index in [-0.39, 0.29) is 10.8 Å². The van der Waals surface area contributed by atoms with Crippen LogP contribution in [0.3, 0.4) is 0 Å². The summed E-state index contributed by atoms with van der Waals surface area (Å²) in [5, 5.41) is 0. The Morgan fingerprint density at radius 3 is 2.38 bits per heavy atom. The zero-order valence-corrected chi connectivity index (χ0v) is 17.0. The van der Waals surface area contributed by atoms with Crippen LogP contribution in [-0.2, 0) is 10.0 Å². The molecule has 148 valence electrons. The van der Waals surface area contributed by atoms with Gasteiger partial charge in [-0.3, -0.25) is 0 Å². The first-order chi connectivity index (χ1) is 12.5. The van der Waals surface area contributed by atoms with Crippen LogP contribution in [0.4, 0.5) is 0 Å². The molecule has 1 saturated heterocycles. The Morgan fingerprint density at radius 1 is 1.08 bits per heavy atom. The van der Waals surface area contributed by atoms with Crippen molar-refractivity contribution in [1.29, 1.82) is 0 Å². The molecule has 1 heterocycles. The zero-order chi connectivity index (χ0) is 19.0. The molecule has 0 aliphatic carbocycles. The Bertz CT molecular complexity index is 658. The third kappa shape index (κ3) is 6.14. The second-order valence-electron chi connectivity index (χ2n) is 6.79. The van der Waals surface area contributed by atoms with E-state index < -0.39 is 10.0 Å². The van der Waals surface area contributed by atoms with Crippen LogP contribution >= 0.6 is 0 Å². The molecule has 1 unspecified atom stereocenters. The first-order valence-corrected chi connectivity index (χ1v) is 11.1. The molecular formula is C19H32N2O4S. The van der Waals surface area contributed by atoms with Gasteiger partial charge in [-0.25, -0.2) is 13.1 Å². The van der Waals surface area contributed by atoms with Crippen molar-refractivity contribution >= 4 is 10.0 Å². The Labute approximate surface area is 157 Å². The molecule has 7 heteroatoms. The van der Waals surface area contributed by atoms with Crippen molar-refractivity contribution in [3.05, 3.63) is 18.2 Å². The van der Waals surface area contributed by atoms with Gasteiger partial charge in [-0.05, 0) is 57.8 Å². The van der Waals surface area contributed by atoms with Crippen LogP contribution in [-0.4, -0.2) is 52.7 Å². The maximum absolute atomic E-state index is 12.6. The van der Waals surface area contributed by atoms with E-state index in [1.54, 1.807) is 12.1 Å². The first-order valence-electron chi connectivity index (χ1n) is 9.58. The fraction of sp³-hybridized carbons (Fsp3) is 0.684. The molecule has 0 saturated carbocycles. The van der Waals surface area contributed by atoms with Crippen LogP contribution in [0.2, 0.25) is 0 Å². The maximum Gasteiger partial charge on any atom is 0.240 e. The monoisotopic (exact) mass is 384 g/mol. The average molecular weight is 385 g/mol. The maximum atomic E-state index is 12.6.